The van der Waals surface area contributed by atoms with E-state index >= 15 is 0 Å². The van der Waals surface area contributed by atoms with Crippen LogP contribution in [0.25, 0.3) is 0 Å². The molecule has 2 heteroatoms. The number of fused-ring (bicyclic) bond motifs is 2. The summed E-state index contributed by atoms with van der Waals surface area (Å²) in [5.41, 5.74) is 1.22. The maximum absolute atomic E-state index is 6.72. The van der Waals surface area contributed by atoms with Crippen LogP contribution in [-0.4, -0.2) is 25.3 Å². The van der Waals surface area contributed by atoms with E-state index in [0.717, 1.165) is 5.92 Å². The monoisotopic (exact) mass is 279 g/mol. The fourth-order valence-electron chi connectivity index (χ4n) is 5.61. The molecule has 0 aliphatic heterocycles. The summed E-state index contributed by atoms with van der Waals surface area (Å²) in [6.45, 7) is 12.2. The summed E-state index contributed by atoms with van der Waals surface area (Å²) in [7, 11) is 2.10. The molecule has 0 aromatic heterocycles. The van der Waals surface area contributed by atoms with E-state index in [1.54, 1.807) is 0 Å². The Balaban J connectivity index is 1.74. The minimum absolute atomic E-state index is 0.369. The van der Waals surface area contributed by atoms with Crippen LogP contribution in [0, 0.1) is 22.2 Å². The van der Waals surface area contributed by atoms with Crippen LogP contribution < -0.4 is 5.32 Å². The lowest BCUT2D eigenvalue weighted by Crippen LogP contribution is -2.47. The molecule has 3 rings (SSSR count). The number of hydrogen-bond acceptors (Lipinski definition) is 2. The van der Waals surface area contributed by atoms with Crippen LogP contribution in [0.1, 0.15) is 66.7 Å². The average molecular weight is 279 g/mol. The first-order valence-corrected chi connectivity index (χ1v) is 8.55. The van der Waals surface area contributed by atoms with Gasteiger partial charge in [-0.25, -0.2) is 0 Å². The minimum Gasteiger partial charge on any atom is -0.373 e. The number of nitrogens with one attached hydrogen (secondary N) is 1. The van der Waals surface area contributed by atoms with E-state index in [1.807, 2.05) is 0 Å². The summed E-state index contributed by atoms with van der Waals surface area (Å²) in [4.78, 5) is 0. The van der Waals surface area contributed by atoms with E-state index in [1.165, 1.54) is 32.1 Å². The molecule has 0 aromatic carbocycles. The molecule has 0 heterocycles. The van der Waals surface area contributed by atoms with Gasteiger partial charge in [-0.3, -0.25) is 0 Å². The van der Waals surface area contributed by atoms with Crippen LogP contribution in [0.5, 0.6) is 0 Å². The zero-order chi connectivity index (χ0) is 14.8. The van der Waals surface area contributed by atoms with Gasteiger partial charge in [0.1, 0.15) is 0 Å². The van der Waals surface area contributed by atoms with Crippen LogP contribution in [0.3, 0.4) is 0 Å². The Hall–Kier alpha value is -0.0800. The lowest BCUT2D eigenvalue weighted by Gasteiger charge is -2.41. The maximum Gasteiger partial charge on any atom is 0.0737 e. The van der Waals surface area contributed by atoms with Gasteiger partial charge in [-0.15, -0.1) is 0 Å². The lowest BCUT2D eigenvalue weighted by molar-refractivity contribution is -0.0947. The summed E-state index contributed by atoms with van der Waals surface area (Å²) >= 11 is 0. The highest BCUT2D eigenvalue weighted by Crippen LogP contribution is 2.66. The summed E-state index contributed by atoms with van der Waals surface area (Å²) in [5, 5.41) is 3.53. The van der Waals surface area contributed by atoms with Crippen LogP contribution in [0.15, 0.2) is 0 Å². The Morgan fingerprint density at radius 3 is 2.20 bits per heavy atom. The molecule has 3 aliphatic rings. The molecule has 3 saturated carbocycles. The smallest absolute Gasteiger partial charge is 0.0737 e. The second-order valence-electron chi connectivity index (χ2n) is 9.07. The van der Waals surface area contributed by atoms with E-state index in [-0.39, 0.29) is 0 Å². The van der Waals surface area contributed by atoms with E-state index < -0.39 is 0 Å². The first kappa shape index (κ1) is 14.8. The molecule has 3 fully saturated rings. The van der Waals surface area contributed by atoms with Gasteiger partial charge in [-0.05, 0) is 61.3 Å². The quantitative estimate of drug-likeness (QED) is 0.843. The van der Waals surface area contributed by atoms with Gasteiger partial charge >= 0.3 is 0 Å². The normalized spacial score (nSPS) is 48.9. The van der Waals surface area contributed by atoms with Gasteiger partial charge in [-0.2, -0.15) is 0 Å². The third-order valence-corrected chi connectivity index (χ3v) is 7.65. The predicted molar refractivity (Wildman–Crippen MR) is 83.8 cm³/mol. The van der Waals surface area contributed by atoms with E-state index in [2.05, 4.69) is 47.0 Å². The summed E-state index contributed by atoms with van der Waals surface area (Å²) in [6, 6.07) is 0.508. The lowest BCUT2D eigenvalue weighted by atomic mass is 9.70. The molecule has 0 aromatic rings. The highest BCUT2D eigenvalue weighted by Gasteiger charge is 2.62. The van der Waals surface area contributed by atoms with E-state index in [0.29, 0.717) is 34.5 Å². The van der Waals surface area contributed by atoms with Gasteiger partial charge in [0.25, 0.3) is 0 Å². The third kappa shape index (κ3) is 1.83. The molecule has 1 N–H and O–H groups in total. The van der Waals surface area contributed by atoms with Crippen molar-refractivity contribution in [1.82, 2.24) is 5.32 Å². The van der Waals surface area contributed by atoms with Crippen LogP contribution >= 0.6 is 0 Å². The Labute approximate surface area is 125 Å². The SMILES string of the molecule is CNC1C(OC2CC3CCC2(C)C3(C)C)CCC1(C)C. The van der Waals surface area contributed by atoms with Crippen molar-refractivity contribution < 1.29 is 4.74 Å². The van der Waals surface area contributed by atoms with E-state index in [9.17, 15) is 0 Å². The summed E-state index contributed by atoms with van der Waals surface area (Å²) in [5.74, 6) is 0.875. The standard InChI is InChI=1S/C18H33NO/c1-16(2)9-8-13(15(16)19-6)20-14-11-12-7-10-18(14,5)17(12,3)4/h12-15,19H,7-11H2,1-6H3. The first-order chi connectivity index (χ1) is 9.22. The molecule has 0 spiro atoms. The number of hydrogen-bond donors (Lipinski definition) is 1. The van der Waals surface area contributed by atoms with Gasteiger partial charge < -0.3 is 10.1 Å². The molecule has 2 bridgehead atoms. The van der Waals surface area contributed by atoms with Gasteiger partial charge in [0.05, 0.1) is 12.2 Å². The molecular weight excluding hydrogens is 246 g/mol. The average Bonchev–Trinajstić information content (AvgIpc) is 2.83. The third-order valence-electron chi connectivity index (χ3n) is 7.65. The van der Waals surface area contributed by atoms with E-state index in [4.69, 9.17) is 4.74 Å². The second kappa shape index (κ2) is 4.46. The molecule has 5 unspecified atom stereocenters. The van der Waals surface area contributed by atoms with Crippen molar-refractivity contribution in [3.63, 3.8) is 0 Å². The molecule has 3 aliphatic carbocycles. The largest absolute Gasteiger partial charge is 0.373 e. The van der Waals surface area contributed by atoms with Crippen molar-refractivity contribution in [3.05, 3.63) is 0 Å². The van der Waals surface area contributed by atoms with Crippen molar-refractivity contribution in [2.24, 2.45) is 22.2 Å². The van der Waals surface area contributed by atoms with Crippen LogP contribution in [0.4, 0.5) is 0 Å². The molecule has 5 atom stereocenters. The molecule has 116 valence electrons. The molecule has 0 saturated heterocycles. The molecule has 20 heavy (non-hydrogen) atoms. The first-order valence-electron chi connectivity index (χ1n) is 8.55. The van der Waals surface area contributed by atoms with Crippen LogP contribution in [-0.2, 0) is 4.74 Å². The Kier molecular flexibility index (Phi) is 3.31. The number of rotatable bonds is 3. The zero-order valence-electron chi connectivity index (χ0n) is 14.3. The van der Waals surface area contributed by atoms with Gasteiger partial charge in [0.15, 0.2) is 0 Å². The second-order valence-corrected chi connectivity index (χ2v) is 9.07. The van der Waals surface area contributed by atoms with Crippen LogP contribution in [0.2, 0.25) is 0 Å². The highest BCUT2D eigenvalue weighted by molar-refractivity contribution is 5.12. The topological polar surface area (TPSA) is 21.3 Å². The highest BCUT2D eigenvalue weighted by atomic mass is 16.5. The summed E-state index contributed by atoms with van der Waals surface area (Å²) < 4.78 is 6.72. The number of ether oxygens (including phenoxy) is 1. The number of likely N-dealkylation sites (N-methyl/N-ethyl adjacent to an activating group) is 1. The molecular formula is C18H33NO. The maximum atomic E-state index is 6.72. The molecule has 0 amide bonds. The van der Waals surface area contributed by atoms with Gasteiger partial charge in [0.2, 0.25) is 0 Å². The zero-order valence-corrected chi connectivity index (χ0v) is 14.3. The van der Waals surface area contributed by atoms with Crippen molar-refractivity contribution in [2.75, 3.05) is 7.05 Å². The fraction of sp³-hybridized carbons (Fsp3) is 1.00. The predicted octanol–water partition coefficient (Wildman–Crippen LogP) is 3.99. The molecule has 2 nitrogen and oxygen atoms in total. The Morgan fingerprint density at radius 1 is 1.00 bits per heavy atom. The Morgan fingerprint density at radius 2 is 1.70 bits per heavy atom. The van der Waals surface area contributed by atoms with Gasteiger partial charge in [0, 0.05) is 6.04 Å². The van der Waals surface area contributed by atoms with Crippen molar-refractivity contribution in [2.45, 2.75) is 85.0 Å². The van der Waals surface area contributed by atoms with Crippen molar-refractivity contribution >= 4 is 0 Å². The van der Waals surface area contributed by atoms with Gasteiger partial charge in [-0.1, -0.05) is 34.6 Å². The molecule has 0 radical (unpaired) electrons. The Bertz CT molecular complexity index is 389. The summed E-state index contributed by atoms with van der Waals surface area (Å²) in [6.07, 6.45) is 7.44. The fourth-order valence-corrected chi connectivity index (χ4v) is 5.61. The van der Waals surface area contributed by atoms with Crippen molar-refractivity contribution in [1.29, 1.82) is 0 Å². The van der Waals surface area contributed by atoms with Crippen molar-refractivity contribution in [3.8, 4) is 0 Å². The minimum atomic E-state index is 0.369.